The second-order valence-electron chi connectivity index (χ2n) is 7.47. The fourth-order valence-corrected chi connectivity index (χ4v) is 5.35. The number of hydrogen-bond acceptors (Lipinski definition) is 1. The molecule has 5 aliphatic rings. The fourth-order valence-electron chi connectivity index (χ4n) is 5.35. The summed E-state index contributed by atoms with van der Waals surface area (Å²) >= 11 is 0. The molecule has 0 atom stereocenters. The van der Waals surface area contributed by atoms with E-state index in [-0.39, 0.29) is 0 Å². The van der Waals surface area contributed by atoms with Crippen LogP contribution in [-0.4, -0.2) is 12.6 Å². The van der Waals surface area contributed by atoms with E-state index in [4.69, 9.17) is 0 Å². The Bertz CT molecular complexity index is 301. The first-order valence-electron chi connectivity index (χ1n) is 8.28. The second-order valence-corrected chi connectivity index (χ2v) is 7.47. The van der Waals surface area contributed by atoms with E-state index in [9.17, 15) is 0 Å². The van der Waals surface area contributed by atoms with E-state index < -0.39 is 0 Å². The smallest absolute Gasteiger partial charge is 0.0137 e. The molecule has 0 saturated heterocycles. The monoisotopic (exact) mass is 245 g/mol. The highest BCUT2D eigenvalue weighted by Gasteiger charge is 2.46. The van der Waals surface area contributed by atoms with E-state index in [2.05, 4.69) is 17.5 Å². The Labute approximate surface area is 111 Å². The highest BCUT2D eigenvalue weighted by atomic mass is 14.9. The number of rotatable bonds is 4. The van der Waals surface area contributed by atoms with Gasteiger partial charge in [0.15, 0.2) is 0 Å². The SMILES string of the molecule is C(=C\C1C2CC3CC(C2)CC1C3)/CNC1CCC1. The second kappa shape index (κ2) is 4.67. The van der Waals surface area contributed by atoms with Crippen LogP contribution in [-0.2, 0) is 0 Å². The largest absolute Gasteiger partial charge is 0.311 e. The Morgan fingerprint density at radius 2 is 1.56 bits per heavy atom. The summed E-state index contributed by atoms with van der Waals surface area (Å²) in [4.78, 5) is 0. The molecule has 0 aromatic rings. The quantitative estimate of drug-likeness (QED) is 0.744. The molecule has 0 aromatic carbocycles. The molecule has 1 nitrogen and oxygen atoms in total. The molecule has 0 radical (unpaired) electrons. The maximum Gasteiger partial charge on any atom is 0.0137 e. The molecule has 0 unspecified atom stereocenters. The summed E-state index contributed by atoms with van der Waals surface area (Å²) in [5, 5.41) is 3.66. The minimum Gasteiger partial charge on any atom is -0.311 e. The molecule has 1 heteroatoms. The lowest BCUT2D eigenvalue weighted by atomic mass is 9.52. The number of nitrogens with one attached hydrogen (secondary N) is 1. The van der Waals surface area contributed by atoms with Crippen LogP contribution in [0.15, 0.2) is 12.2 Å². The Balaban J connectivity index is 1.32. The summed E-state index contributed by atoms with van der Waals surface area (Å²) in [5.41, 5.74) is 0. The van der Waals surface area contributed by atoms with Crippen molar-refractivity contribution in [2.24, 2.45) is 29.6 Å². The zero-order valence-corrected chi connectivity index (χ0v) is 11.5. The van der Waals surface area contributed by atoms with Gasteiger partial charge in [0.1, 0.15) is 0 Å². The van der Waals surface area contributed by atoms with E-state index in [1.54, 1.807) is 32.1 Å². The average molecular weight is 245 g/mol. The van der Waals surface area contributed by atoms with Gasteiger partial charge >= 0.3 is 0 Å². The predicted octanol–water partition coefficient (Wildman–Crippen LogP) is 3.76. The third-order valence-corrected chi connectivity index (χ3v) is 6.29. The third-order valence-electron chi connectivity index (χ3n) is 6.29. The van der Waals surface area contributed by atoms with Crippen LogP contribution in [0.4, 0.5) is 0 Å². The summed E-state index contributed by atoms with van der Waals surface area (Å²) in [5.74, 6) is 5.29. The molecular weight excluding hydrogens is 218 g/mol. The van der Waals surface area contributed by atoms with Gasteiger partial charge in [-0.3, -0.25) is 0 Å². The molecule has 5 aliphatic carbocycles. The van der Waals surface area contributed by atoms with Gasteiger partial charge in [-0.25, -0.2) is 0 Å². The van der Waals surface area contributed by atoms with Crippen LogP contribution in [0.1, 0.15) is 51.4 Å². The van der Waals surface area contributed by atoms with Gasteiger partial charge in [0, 0.05) is 12.6 Å². The van der Waals surface area contributed by atoms with Gasteiger partial charge in [-0.2, -0.15) is 0 Å². The van der Waals surface area contributed by atoms with E-state index in [0.29, 0.717) is 0 Å². The topological polar surface area (TPSA) is 12.0 Å². The van der Waals surface area contributed by atoms with Crippen LogP contribution in [0.2, 0.25) is 0 Å². The van der Waals surface area contributed by atoms with Gasteiger partial charge in [0.2, 0.25) is 0 Å². The van der Waals surface area contributed by atoms with Gasteiger partial charge in [-0.1, -0.05) is 18.6 Å². The van der Waals surface area contributed by atoms with Crippen molar-refractivity contribution in [2.45, 2.75) is 57.4 Å². The molecule has 100 valence electrons. The lowest BCUT2D eigenvalue weighted by molar-refractivity contribution is -0.0162. The minimum atomic E-state index is 0.841. The van der Waals surface area contributed by atoms with Crippen molar-refractivity contribution >= 4 is 0 Å². The molecule has 5 rings (SSSR count). The molecule has 4 bridgehead atoms. The van der Waals surface area contributed by atoms with Crippen LogP contribution in [0.5, 0.6) is 0 Å². The van der Waals surface area contributed by atoms with Crippen LogP contribution in [0.25, 0.3) is 0 Å². The maximum atomic E-state index is 3.66. The van der Waals surface area contributed by atoms with Crippen molar-refractivity contribution in [1.82, 2.24) is 5.32 Å². The van der Waals surface area contributed by atoms with E-state index in [0.717, 1.165) is 42.2 Å². The first kappa shape index (κ1) is 11.5. The Morgan fingerprint density at radius 3 is 2.11 bits per heavy atom. The Morgan fingerprint density at radius 1 is 0.889 bits per heavy atom. The van der Waals surface area contributed by atoms with Crippen molar-refractivity contribution in [3.8, 4) is 0 Å². The molecule has 5 saturated carbocycles. The molecule has 0 aliphatic heterocycles. The molecule has 18 heavy (non-hydrogen) atoms. The van der Waals surface area contributed by atoms with Crippen molar-refractivity contribution in [2.75, 3.05) is 6.54 Å². The summed E-state index contributed by atoms with van der Waals surface area (Å²) in [6.07, 6.45) is 17.1. The van der Waals surface area contributed by atoms with Crippen LogP contribution in [0, 0.1) is 29.6 Å². The predicted molar refractivity (Wildman–Crippen MR) is 75.3 cm³/mol. The molecule has 0 heterocycles. The van der Waals surface area contributed by atoms with Gasteiger partial charge in [0.05, 0.1) is 0 Å². The van der Waals surface area contributed by atoms with E-state index in [1.807, 2.05) is 0 Å². The van der Waals surface area contributed by atoms with Gasteiger partial charge < -0.3 is 5.32 Å². The van der Waals surface area contributed by atoms with Gasteiger partial charge in [-0.05, 0) is 74.5 Å². The normalized spacial score (nSPS) is 46.8. The zero-order valence-electron chi connectivity index (χ0n) is 11.5. The van der Waals surface area contributed by atoms with Crippen molar-refractivity contribution < 1.29 is 0 Å². The van der Waals surface area contributed by atoms with Crippen molar-refractivity contribution in [1.29, 1.82) is 0 Å². The minimum absolute atomic E-state index is 0.841. The van der Waals surface area contributed by atoms with Crippen LogP contribution < -0.4 is 5.32 Å². The maximum absolute atomic E-state index is 3.66. The summed E-state index contributed by atoms with van der Waals surface area (Å²) in [7, 11) is 0. The molecule has 0 aromatic heterocycles. The van der Waals surface area contributed by atoms with Crippen LogP contribution >= 0.6 is 0 Å². The summed E-state index contributed by atoms with van der Waals surface area (Å²) in [6, 6.07) is 0.841. The van der Waals surface area contributed by atoms with Crippen LogP contribution in [0.3, 0.4) is 0 Å². The molecule has 0 spiro atoms. The lowest BCUT2D eigenvalue weighted by Gasteiger charge is -2.53. The summed E-state index contributed by atoms with van der Waals surface area (Å²) in [6.45, 7) is 1.12. The highest BCUT2D eigenvalue weighted by Crippen LogP contribution is 2.56. The average Bonchev–Trinajstić information content (AvgIpc) is 2.28. The number of hydrogen-bond donors (Lipinski definition) is 1. The highest BCUT2D eigenvalue weighted by molar-refractivity contribution is 5.05. The standard InChI is InChI=1S/C17H27N/c1-3-16(4-1)18-6-2-5-17-14-8-12-7-13(10-14)11-15(17)9-12/h2,5,12-18H,1,3-4,6-11H2/b5-2+. The van der Waals surface area contributed by atoms with E-state index in [1.165, 1.54) is 19.3 Å². The Hall–Kier alpha value is -0.300. The van der Waals surface area contributed by atoms with Gasteiger partial charge in [0.25, 0.3) is 0 Å². The molecule has 5 fully saturated rings. The third kappa shape index (κ3) is 2.05. The van der Waals surface area contributed by atoms with Crippen molar-refractivity contribution in [3.05, 3.63) is 12.2 Å². The van der Waals surface area contributed by atoms with E-state index >= 15 is 0 Å². The Kier molecular flexibility index (Phi) is 2.99. The lowest BCUT2D eigenvalue weighted by Crippen LogP contribution is -2.44. The zero-order chi connectivity index (χ0) is 11.9. The number of allylic oxidation sites excluding steroid dienone is 1. The van der Waals surface area contributed by atoms with Gasteiger partial charge in [-0.15, -0.1) is 0 Å². The first-order chi connectivity index (χ1) is 8.88. The molecule has 1 N–H and O–H groups in total. The fraction of sp³-hybridized carbons (Fsp3) is 0.882. The first-order valence-corrected chi connectivity index (χ1v) is 8.28. The molecular formula is C17H27N. The summed E-state index contributed by atoms with van der Waals surface area (Å²) < 4.78 is 0. The molecule has 0 amide bonds. The van der Waals surface area contributed by atoms with Crippen molar-refractivity contribution in [3.63, 3.8) is 0 Å².